The molecule has 1 heterocycles. The lowest BCUT2D eigenvalue weighted by atomic mass is 10.0. The number of rotatable bonds is 4. The van der Waals surface area contributed by atoms with Gasteiger partial charge >= 0.3 is 0 Å². The van der Waals surface area contributed by atoms with Gasteiger partial charge in [-0.2, -0.15) is 0 Å². The van der Waals surface area contributed by atoms with E-state index in [9.17, 15) is 0 Å². The van der Waals surface area contributed by atoms with E-state index in [1.165, 1.54) is 0 Å². The number of nitrogens with zero attached hydrogens (tertiary/aromatic N) is 3. The molecule has 0 saturated carbocycles. The number of pyridine rings is 1. The van der Waals surface area contributed by atoms with Crippen molar-refractivity contribution in [3.8, 4) is 0 Å². The van der Waals surface area contributed by atoms with Crippen LogP contribution < -0.4 is 0 Å². The van der Waals surface area contributed by atoms with E-state index in [2.05, 4.69) is 94.4 Å². The van der Waals surface area contributed by atoms with Gasteiger partial charge in [-0.25, -0.2) is 4.98 Å². The number of para-hydroxylation sites is 2. The van der Waals surface area contributed by atoms with Crippen LogP contribution in [0.5, 0.6) is 0 Å². The Morgan fingerprint density at radius 1 is 0.625 bits per heavy atom. The van der Waals surface area contributed by atoms with Crippen LogP contribution in [-0.4, -0.2) is 16.4 Å². The van der Waals surface area contributed by atoms with Gasteiger partial charge in [0.2, 0.25) is 0 Å². The van der Waals surface area contributed by atoms with Gasteiger partial charge in [0.05, 0.1) is 34.2 Å². The predicted octanol–water partition coefficient (Wildman–Crippen LogP) is 7.75. The molecule has 32 heavy (non-hydrogen) atoms. The monoisotopic (exact) mass is 419 g/mol. The van der Waals surface area contributed by atoms with Crippen molar-refractivity contribution in [2.24, 2.45) is 9.98 Å². The van der Waals surface area contributed by atoms with Crippen molar-refractivity contribution in [1.82, 2.24) is 4.98 Å². The Balaban J connectivity index is 1.89. The molecule has 0 unspecified atom stereocenters. The highest BCUT2D eigenvalue weighted by Gasteiger charge is 2.12. The molecule has 0 saturated heterocycles. The highest BCUT2D eigenvalue weighted by molar-refractivity contribution is 6.11. The van der Waals surface area contributed by atoms with Gasteiger partial charge in [0.15, 0.2) is 0 Å². The van der Waals surface area contributed by atoms with Crippen LogP contribution in [0.4, 0.5) is 11.4 Å². The Kier molecular flexibility index (Phi) is 6.00. The molecular formula is C29H29N3. The number of benzene rings is 3. The predicted molar refractivity (Wildman–Crippen MR) is 137 cm³/mol. The van der Waals surface area contributed by atoms with E-state index >= 15 is 0 Å². The van der Waals surface area contributed by atoms with Gasteiger partial charge in [0.25, 0.3) is 0 Å². The second-order valence-corrected chi connectivity index (χ2v) is 8.45. The van der Waals surface area contributed by atoms with Gasteiger partial charge in [-0.05, 0) is 75.2 Å². The van der Waals surface area contributed by atoms with E-state index in [1.807, 2.05) is 13.8 Å². The van der Waals surface area contributed by atoms with Crippen LogP contribution in [0.25, 0.3) is 10.8 Å². The first-order valence-electron chi connectivity index (χ1n) is 11.0. The molecule has 4 rings (SSSR count). The van der Waals surface area contributed by atoms with Crippen molar-refractivity contribution in [2.45, 2.75) is 41.5 Å². The van der Waals surface area contributed by atoms with E-state index in [1.54, 1.807) is 0 Å². The summed E-state index contributed by atoms with van der Waals surface area (Å²) >= 11 is 0. The summed E-state index contributed by atoms with van der Waals surface area (Å²) < 4.78 is 0. The number of aromatic nitrogens is 1. The summed E-state index contributed by atoms with van der Waals surface area (Å²) in [6.45, 7) is 12.5. The van der Waals surface area contributed by atoms with E-state index in [4.69, 9.17) is 15.0 Å². The maximum absolute atomic E-state index is 5.05. The van der Waals surface area contributed by atoms with E-state index in [0.29, 0.717) is 0 Å². The van der Waals surface area contributed by atoms with E-state index < -0.39 is 0 Å². The Hall–Kier alpha value is -3.59. The normalized spacial score (nSPS) is 12.4. The lowest BCUT2D eigenvalue weighted by molar-refractivity contribution is 1.25. The van der Waals surface area contributed by atoms with Crippen LogP contribution in [0, 0.1) is 27.7 Å². The Labute approximate surface area is 190 Å². The molecule has 0 amide bonds. The maximum Gasteiger partial charge on any atom is 0.0928 e. The molecule has 0 aliphatic rings. The lowest BCUT2D eigenvalue weighted by Gasteiger charge is -2.12. The average molecular weight is 420 g/mol. The lowest BCUT2D eigenvalue weighted by Crippen LogP contribution is -2.07. The maximum atomic E-state index is 5.05. The first-order chi connectivity index (χ1) is 15.3. The van der Waals surface area contributed by atoms with Crippen molar-refractivity contribution >= 4 is 33.6 Å². The van der Waals surface area contributed by atoms with Crippen molar-refractivity contribution in [2.75, 3.05) is 0 Å². The molecule has 0 atom stereocenters. The third-order valence-electron chi connectivity index (χ3n) is 5.89. The first-order valence-corrected chi connectivity index (χ1v) is 11.0. The molecule has 160 valence electrons. The Morgan fingerprint density at radius 3 is 1.69 bits per heavy atom. The fourth-order valence-electron chi connectivity index (χ4n) is 4.07. The fourth-order valence-corrected chi connectivity index (χ4v) is 4.07. The third-order valence-corrected chi connectivity index (χ3v) is 5.89. The molecular weight excluding hydrogens is 390 g/mol. The number of aryl methyl sites for hydroxylation is 4. The highest BCUT2D eigenvalue weighted by atomic mass is 14.8. The summed E-state index contributed by atoms with van der Waals surface area (Å²) in [5, 5.41) is 2.24. The molecule has 3 nitrogen and oxygen atoms in total. The highest BCUT2D eigenvalue weighted by Crippen LogP contribution is 2.27. The van der Waals surface area contributed by atoms with Crippen LogP contribution in [0.15, 0.2) is 76.7 Å². The quantitative estimate of drug-likeness (QED) is 0.312. The second-order valence-electron chi connectivity index (χ2n) is 8.45. The molecule has 0 aliphatic carbocycles. The summed E-state index contributed by atoms with van der Waals surface area (Å²) in [5.41, 5.74) is 10.3. The van der Waals surface area contributed by atoms with Gasteiger partial charge in [-0.1, -0.05) is 60.7 Å². The molecule has 0 radical (unpaired) electrons. The zero-order valence-corrected chi connectivity index (χ0v) is 19.7. The van der Waals surface area contributed by atoms with Gasteiger partial charge < -0.3 is 0 Å². The Bertz CT molecular complexity index is 1340. The van der Waals surface area contributed by atoms with E-state index in [-0.39, 0.29) is 0 Å². The average Bonchev–Trinajstić information content (AvgIpc) is 2.78. The minimum absolute atomic E-state index is 0.873. The second kappa shape index (κ2) is 8.88. The summed E-state index contributed by atoms with van der Waals surface area (Å²) in [7, 11) is 0. The van der Waals surface area contributed by atoms with Crippen molar-refractivity contribution in [3.63, 3.8) is 0 Å². The van der Waals surface area contributed by atoms with Crippen LogP contribution in [0.3, 0.4) is 0 Å². The summed E-state index contributed by atoms with van der Waals surface area (Å²) in [6.07, 6.45) is 0. The molecule has 4 aromatic rings. The summed E-state index contributed by atoms with van der Waals surface area (Å²) in [5.74, 6) is 0. The van der Waals surface area contributed by atoms with Crippen molar-refractivity contribution in [1.29, 1.82) is 0 Å². The molecule has 0 aliphatic heterocycles. The van der Waals surface area contributed by atoms with E-state index in [0.717, 1.165) is 67.2 Å². The SMILES string of the molecule is C/C(=N\c1c(C)cccc1C)c1cc2ccccc2c(/C(C)=N/c2c(C)cccc2C)n1. The van der Waals surface area contributed by atoms with Gasteiger partial charge in [-0.15, -0.1) is 0 Å². The first kappa shape index (κ1) is 21.6. The van der Waals surface area contributed by atoms with Gasteiger partial charge in [0, 0.05) is 5.39 Å². The Morgan fingerprint density at radius 2 is 1.12 bits per heavy atom. The molecule has 0 bridgehead atoms. The van der Waals surface area contributed by atoms with Crippen LogP contribution in [0.1, 0.15) is 47.5 Å². The summed E-state index contributed by atoms with van der Waals surface area (Å²) in [4.78, 5) is 15.0. The topological polar surface area (TPSA) is 37.6 Å². The minimum Gasteiger partial charge on any atom is -0.251 e. The number of aliphatic imine (C=N–C) groups is 2. The molecule has 3 aromatic carbocycles. The molecule has 0 spiro atoms. The summed E-state index contributed by atoms with van der Waals surface area (Å²) in [6, 6.07) is 23.0. The zero-order valence-electron chi connectivity index (χ0n) is 19.7. The van der Waals surface area contributed by atoms with Crippen LogP contribution in [-0.2, 0) is 0 Å². The molecule has 3 heteroatoms. The molecule has 0 N–H and O–H groups in total. The molecule has 1 aromatic heterocycles. The third kappa shape index (κ3) is 4.24. The largest absolute Gasteiger partial charge is 0.251 e. The number of hydrogen-bond donors (Lipinski definition) is 0. The van der Waals surface area contributed by atoms with Gasteiger partial charge in [0.1, 0.15) is 0 Å². The van der Waals surface area contributed by atoms with Crippen molar-refractivity contribution < 1.29 is 0 Å². The zero-order chi connectivity index (χ0) is 22.8. The smallest absolute Gasteiger partial charge is 0.0928 e. The van der Waals surface area contributed by atoms with Gasteiger partial charge in [-0.3, -0.25) is 9.98 Å². The molecule has 0 fully saturated rings. The van der Waals surface area contributed by atoms with Crippen molar-refractivity contribution in [3.05, 3.63) is 100 Å². The number of fused-ring (bicyclic) bond motifs is 1. The van der Waals surface area contributed by atoms with Crippen LogP contribution in [0.2, 0.25) is 0 Å². The number of hydrogen-bond acceptors (Lipinski definition) is 3. The standard InChI is InChI=1S/C29H29N3/c1-18-11-9-12-19(2)27(18)30-22(5)26-17-24-15-7-8-16-25(24)29(32-26)23(6)31-28-20(3)13-10-14-21(28)4/h7-17H,1-6H3/b30-22+,31-23+. The minimum atomic E-state index is 0.873. The fraction of sp³-hybridized carbons (Fsp3) is 0.207. The van der Waals surface area contributed by atoms with Crippen LogP contribution >= 0.6 is 0 Å².